The molecule has 5 rings (SSSR count). The van der Waals surface area contributed by atoms with E-state index in [4.69, 9.17) is 9.47 Å². The fourth-order valence-corrected chi connectivity index (χ4v) is 5.22. The molecule has 9 heteroatoms. The van der Waals surface area contributed by atoms with Gasteiger partial charge in [-0.05, 0) is 46.0 Å². The SMILES string of the molecule is COc1cc2c(cc1OCc1ccccc1)N(C(=O)O)[C@@H](O)[C@@H]1C=C(c3ccsc3)CCN1C2=O. The maximum Gasteiger partial charge on any atom is 0.414 e. The molecule has 0 fully saturated rings. The van der Waals surface area contributed by atoms with Crippen molar-refractivity contribution in [2.75, 3.05) is 18.6 Å². The van der Waals surface area contributed by atoms with Crippen molar-refractivity contribution in [2.24, 2.45) is 0 Å². The summed E-state index contributed by atoms with van der Waals surface area (Å²) >= 11 is 1.56. The van der Waals surface area contributed by atoms with E-state index in [1.54, 1.807) is 17.4 Å². The number of aliphatic hydroxyl groups is 1. The van der Waals surface area contributed by atoms with Gasteiger partial charge in [0.05, 0.1) is 24.4 Å². The van der Waals surface area contributed by atoms with E-state index in [1.165, 1.54) is 24.1 Å². The molecule has 0 aliphatic carbocycles. The average molecular weight is 493 g/mol. The number of rotatable bonds is 5. The summed E-state index contributed by atoms with van der Waals surface area (Å²) in [5.41, 5.74) is 3.08. The maximum absolute atomic E-state index is 13.6. The Balaban J connectivity index is 1.57. The predicted molar refractivity (Wildman–Crippen MR) is 132 cm³/mol. The molecule has 0 unspecified atom stereocenters. The van der Waals surface area contributed by atoms with E-state index in [1.807, 2.05) is 47.2 Å². The second kappa shape index (κ2) is 9.44. The fourth-order valence-electron chi connectivity index (χ4n) is 4.53. The summed E-state index contributed by atoms with van der Waals surface area (Å²) in [5.74, 6) is 0.204. The van der Waals surface area contributed by atoms with Gasteiger partial charge in [0.25, 0.3) is 5.91 Å². The highest BCUT2D eigenvalue weighted by atomic mass is 32.1. The zero-order valence-corrected chi connectivity index (χ0v) is 19.8. The van der Waals surface area contributed by atoms with Gasteiger partial charge >= 0.3 is 6.09 Å². The van der Waals surface area contributed by atoms with E-state index in [-0.39, 0.29) is 29.5 Å². The van der Waals surface area contributed by atoms with Crippen LogP contribution in [-0.2, 0) is 6.61 Å². The third-order valence-electron chi connectivity index (χ3n) is 6.29. The number of benzene rings is 2. The molecule has 2 aliphatic heterocycles. The Kier molecular flexibility index (Phi) is 6.19. The van der Waals surface area contributed by atoms with Gasteiger partial charge in [0.15, 0.2) is 17.7 Å². The average Bonchev–Trinajstić information content (AvgIpc) is 3.40. The van der Waals surface area contributed by atoms with Crippen molar-refractivity contribution in [3.05, 3.63) is 82.1 Å². The predicted octanol–water partition coefficient (Wildman–Crippen LogP) is 4.45. The van der Waals surface area contributed by atoms with Gasteiger partial charge in [-0.2, -0.15) is 11.3 Å². The van der Waals surface area contributed by atoms with Crippen LogP contribution >= 0.6 is 11.3 Å². The van der Waals surface area contributed by atoms with Crippen molar-refractivity contribution in [3.63, 3.8) is 0 Å². The molecule has 8 nitrogen and oxygen atoms in total. The molecule has 0 saturated heterocycles. The van der Waals surface area contributed by atoms with Crippen LogP contribution in [0.15, 0.2) is 65.4 Å². The Morgan fingerprint density at radius 3 is 2.66 bits per heavy atom. The largest absolute Gasteiger partial charge is 0.493 e. The van der Waals surface area contributed by atoms with Crippen molar-refractivity contribution in [1.29, 1.82) is 0 Å². The summed E-state index contributed by atoms with van der Waals surface area (Å²) in [5, 5.41) is 25.3. The third-order valence-corrected chi connectivity index (χ3v) is 6.98. The number of amides is 2. The van der Waals surface area contributed by atoms with Crippen LogP contribution in [0.4, 0.5) is 10.5 Å². The summed E-state index contributed by atoms with van der Waals surface area (Å²) in [6.07, 6.45) is -0.477. The summed E-state index contributed by atoms with van der Waals surface area (Å²) in [6, 6.07) is 13.6. The molecule has 2 atom stereocenters. The number of thiophene rings is 1. The minimum Gasteiger partial charge on any atom is -0.493 e. The van der Waals surface area contributed by atoms with Crippen molar-refractivity contribution >= 4 is 34.6 Å². The number of nitrogens with zero attached hydrogens (tertiary/aromatic N) is 2. The first-order valence-electron chi connectivity index (χ1n) is 11.1. The number of carboxylic acid groups (broad SMARTS) is 1. The molecular formula is C26H24N2O6S. The summed E-state index contributed by atoms with van der Waals surface area (Å²) in [7, 11) is 1.46. The zero-order chi connectivity index (χ0) is 24.5. The van der Waals surface area contributed by atoms with Crippen LogP contribution in [0, 0.1) is 0 Å². The highest BCUT2D eigenvalue weighted by Gasteiger charge is 2.43. The Bertz CT molecular complexity index is 1270. The van der Waals surface area contributed by atoms with Crippen molar-refractivity contribution in [1.82, 2.24) is 4.90 Å². The molecule has 0 radical (unpaired) electrons. The number of methoxy groups -OCH3 is 1. The molecule has 2 aliphatic rings. The molecule has 35 heavy (non-hydrogen) atoms. The van der Waals surface area contributed by atoms with Crippen LogP contribution < -0.4 is 14.4 Å². The van der Waals surface area contributed by atoms with Crippen LogP contribution in [0.3, 0.4) is 0 Å². The minimum atomic E-state index is -1.50. The first-order valence-corrected chi connectivity index (χ1v) is 12.1. The number of hydrogen-bond acceptors (Lipinski definition) is 6. The smallest absolute Gasteiger partial charge is 0.414 e. The maximum atomic E-state index is 13.6. The van der Waals surface area contributed by atoms with Crippen molar-refractivity contribution in [3.8, 4) is 11.5 Å². The number of aliphatic hydroxyl groups excluding tert-OH is 1. The molecule has 0 saturated carbocycles. The van der Waals surface area contributed by atoms with E-state index >= 15 is 0 Å². The highest BCUT2D eigenvalue weighted by molar-refractivity contribution is 7.08. The Morgan fingerprint density at radius 1 is 1.17 bits per heavy atom. The number of carbonyl (C=O) groups is 2. The highest BCUT2D eigenvalue weighted by Crippen LogP contribution is 2.41. The molecule has 2 aromatic carbocycles. The van der Waals surface area contributed by atoms with Crippen LogP contribution in [0.2, 0.25) is 0 Å². The van der Waals surface area contributed by atoms with Gasteiger partial charge in [0.2, 0.25) is 0 Å². The summed E-state index contributed by atoms with van der Waals surface area (Å²) in [4.78, 5) is 28.3. The van der Waals surface area contributed by atoms with Crippen molar-refractivity contribution in [2.45, 2.75) is 25.3 Å². The molecule has 2 N–H and O–H groups in total. The standard InChI is InChI=1S/C26H24N2O6S/c1-33-22-12-19-20(13-23(22)34-14-16-5-3-2-4-6-16)28(26(31)32)25(30)21-11-17(18-8-10-35-15-18)7-9-27(21)24(19)29/h2-6,8,10-13,15,21,25,30H,7,9,14H2,1H3,(H,31,32)/t21-,25-/m0/s1. The topological polar surface area (TPSA) is 99.5 Å². The molecule has 3 aromatic rings. The Morgan fingerprint density at radius 2 is 1.97 bits per heavy atom. The van der Waals surface area contributed by atoms with E-state index in [0.717, 1.165) is 21.6 Å². The van der Waals surface area contributed by atoms with Crippen molar-refractivity contribution < 1.29 is 29.3 Å². The number of ether oxygens (including phenoxy) is 2. The van der Waals surface area contributed by atoms with Gasteiger partial charge < -0.3 is 24.6 Å². The second-order valence-electron chi connectivity index (χ2n) is 8.30. The molecule has 180 valence electrons. The number of carbonyl (C=O) groups excluding carboxylic acids is 1. The van der Waals surface area contributed by atoms with E-state index in [0.29, 0.717) is 18.7 Å². The molecule has 0 bridgehead atoms. The van der Waals surface area contributed by atoms with Gasteiger partial charge in [0, 0.05) is 12.6 Å². The van der Waals surface area contributed by atoms with Gasteiger partial charge in [0.1, 0.15) is 6.61 Å². The molecule has 0 spiro atoms. The molecule has 1 aromatic heterocycles. The molecular weight excluding hydrogens is 468 g/mol. The van der Waals surface area contributed by atoms with E-state index in [2.05, 4.69) is 0 Å². The quantitative estimate of drug-likeness (QED) is 0.546. The normalized spacial score (nSPS) is 19.4. The number of hydrogen-bond donors (Lipinski definition) is 2. The van der Waals surface area contributed by atoms with Crippen LogP contribution in [0.5, 0.6) is 11.5 Å². The lowest BCUT2D eigenvalue weighted by atomic mass is 9.96. The van der Waals surface area contributed by atoms with Crippen LogP contribution in [-0.4, -0.2) is 53.0 Å². The Hall–Kier alpha value is -3.82. The second-order valence-corrected chi connectivity index (χ2v) is 9.08. The Labute approximate surface area is 206 Å². The zero-order valence-electron chi connectivity index (χ0n) is 19.0. The van der Waals surface area contributed by atoms with E-state index in [9.17, 15) is 19.8 Å². The lowest BCUT2D eigenvalue weighted by Gasteiger charge is -2.37. The van der Waals surface area contributed by atoms with E-state index < -0.39 is 18.4 Å². The first-order chi connectivity index (χ1) is 17.0. The summed E-state index contributed by atoms with van der Waals surface area (Å²) < 4.78 is 11.4. The monoisotopic (exact) mass is 492 g/mol. The fraction of sp³-hybridized carbons (Fsp3) is 0.231. The first kappa shape index (κ1) is 22.9. The molecule has 3 heterocycles. The van der Waals surface area contributed by atoms with Crippen LogP contribution in [0.25, 0.3) is 5.57 Å². The lowest BCUT2D eigenvalue weighted by Crippen LogP contribution is -2.53. The van der Waals surface area contributed by atoms with Gasteiger partial charge in [-0.15, -0.1) is 0 Å². The number of anilines is 1. The third kappa shape index (κ3) is 4.24. The molecule has 2 amide bonds. The van der Waals surface area contributed by atoms with Gasteiger partial charge in [-0.3, -0.25) is 4.79 Å². The summed E-state index contributed by atoms with van der Waals surface area (Å²) in [6.45, 7) is 0.574. The van der Waals surface area contributed by atoms with Gasteiger partial charge in [-0.1, -0.05) is 36.4 Å². The lowest BCUT2D eigenvalue weighted by molar-refractivity contribution is 0.0489. The van der Waals surface area contributed by atoms with Gasteiger partial charge in [-0.25, -0.2) is 9.69 Å². The van der Waals surface area contributed by atoms with Crippen LogP contribution in [0.1, 0.15) is 27.9 Å². The minimum absolute atomic E-state index is 0.0544. The number of fused-ring (bicyclic) bond motifs is 2.